The Morgan fingerprint density at radius 3 is 2.00 bits per heavy atom. The van der Waals surface area contributed by atoms with Crippen molar-refractivity contribution < 1.29 is 33.3 Å². The van der Waals surface area contributed by atoms with Crippen LogP contribution in [0.3, 0.4) is 0 Å². The van der Waals surface area contributed by atoms with Crippen LogP contribution >= 0.6 is 0 Å². The van der Waals surface area contributed by atoms with E-state index in [4.69, 9.17) is 23.7 Å². The monoisotopic (exact) mass is 496 g/mol. The molecule has 0 aliphatic carbocycles. The second-order valence-electron chi connectivity index (χ2n) is 8.36. The number of hydrogen-bond donors (Lipinski definition) is 0. The fourth-order valence-electron chi connectivity index (χ4n) is 3.39. The van der Waals surface area contributed by atoms with Crippen molar-refractivity contribution in [2.45, 2.75) is 47.0 Å². The summed E-state index contributed by atoms with van der Waals surface area (Å²) in [5, 5.41) is 0. The third kappa shape index (κ3) is 8.18. The van der Waals surface area contributed by atoms with Gasteiger partial charge in [-0.2, -0.15) is 0 Å². The average Bonchev–Trinajstić information content (AvgIpc) is 2.84. The Morgan fingerprint density at radius 2 is 1.42 bits per heavy atom. The molecule has 2 aromatic rings. The van der Waals surface area contributed by atoms with Gasteiger partial charge in [0.25, 0.3) is 0 Å². The van der Waals surface area contributed by atoms with Gasteiger partial charge in [-0.3, -0.25) is 0 Å². The van der Waals surface area contributed by atoms with Crippen LogP contribution < -0.4 is 18.9 Å². The summed E-state index contributed by atoms with van der Waals surface area (Å²) in [4.78, 5) is 23.5. The number of esters is 2. The number of carbonyl (C=O) groups is 2. The van der Waals surface area contributed by atoms with Crippen LogP contribution in [0.15, 0.2) is 60.7 Å². The lowest BCUT2D eigenvalue weighted by atomic mass is 9.92. The van der Waals surface area contributed by atoms with Gasteiger partial charge in [-0.05, 0) is 63.8 Å². The fraction of sp³-hybridized carbons (Fsp3) is 0.379. The van der Waals surface area contributed by atoms with Crippen molar-refractivity contribution in [1.29, 1.82) is 0 Å². The van der Waals surface area contributed by atoms with Crippen molar-refractivity contribution >= 4 is 11.9 Å². The van der Waals surface area contributed by atoms with Gasteiger partial charge in [0.1, 0.15) is 19.0 Å². The Kier molecular flexibility index (Phi) is 11.1. The highest BCUT2D eigenvalue weighted by Gasteiger charge is 2.23. The lowest BCUT2D eigenvalue weighted by molar-refractivity contribution is -0.139. The van der Waals surface area contributed by atoms with Gasteiger partial charge in [-0.1, -0.05) is 38.3 Å². The minimum Gasteiger partial charge on any atom is -0.490 e. The average molecular weight is 497 g/mol. The van der Waals surface area contributed by atoms with E-state index in [0.29, 0.717) is 47.4 Å². The molecule has 0 N–H and O–H groups in total. The molecule has 0 fully saturated rings. The van der Waals surface area contributed by atoms with E-state index in [1.54, 1.807) is 19.9 Å². The fourth-order valence-corrected chi connectivity index (χ4v) is 3.39. The number of benzene rings is 2. The summed E-state index contributed by atoms with van der Waals surface area (Å²) < 4.78 is 28.0. The number of hydrogen-bond acceptors (Lipinski definition) is 7. The van der Waals surface area contributed by atoms with Crippen LogP contribution in [0.1, 0.15) is 51.7 Å². The van der Waals surface area contributed by atoms with Crippen LogP contribution in [0.5, 0.6) is 23.0 Å². The molecule has 194 valence electrons. The first-order valence-corrected chi connectivity index (χ1v) is 12.0. The first-order chi connectivity index (χ1) is 17.2. The third-order valence-corrected chi connectivity index (χ3v) is 5.16. The molecule has 0 heterocycles. The van der Waals surface area contributed by atoms with Crippen LogP contribution in [-0.4, -0.2) is 38.4 Å². The molecule has 0 spiro atoms. The maximum absolute atomic E-state index is 12.1. The second kappa shape index (κ2) is 14.0. The largest absolute Gasteiger partial charge is 0.490 e. The highest BCUT2D eigenvalue weighted by molar-refractivity contribution is 5.89. The molecule has 0 amide bonds. The van der Waals surface area contributed by atoms with Gasteiger partial charge in [0.15, 0.2) is 11.5 Å². The van der Waals surface area contributed by atoms with Crippen molar-refractivity contribution in [2.24, 2.45) is 0 Å². The summed E-state index contributed by atoms with van der Waals surface area (Å²) in [6.45, 7) is 17.5. The van der Waals surface area contributed by atoms with E-state index in [2.05, 4.69) is 20.1 Å². The van der Waals surface area contributed by atoms with Crippen molar-refractivity contribution in [3.05, 3.63) is 71.8 Å². The molecule has 2 aromatic carbocycles. The Morgan fingerprint density at radius 1 is 0.806 bits per heavy atom. The summed E-state index contributed by atoms with van der Waals surface area (Å²) in [6.07, 6.45) is 0.743. The molecule has 2 rings (SSSR count). The van der Waals surface area contributed by atoms with E-state index in [-0.39, 0.29) is 19.1 Å². The highest BCUT2D eigenvalue weighted by Crippen LogP contribution is 2.44. The van der Waals surface area contributed by atoms with Crippen molar-refractivity contribution in [3.63, 3.8) is 0 Å². The smallest absolute Gasteiger partial charge is 0.338 e. The van der Waals surface area contributed by atoms with Crippen molar-refractivity contribution in [1.82, 2.24) is 0 Å². The van der Waals surface area contributed by atoms with E-state index >= 15 is 0 Å². The topological polar surface area (TPSA) is 80.3 Å². The summed E-state index contributed by atoms with van der Waals surface area (Å²) in [5.41, 5.74) is 2.72. The molecular formula is C29H36O7. The summed E-state index contributed by atoms with van der Waals surface area (Å²) >= 11 is 0. The molecule has 0 aliphatic rings. The zero-order chi connectivity index (χ0) is 26.7. The molecular weight excluding hydrogens is 460 g/mol. The van der Waals surface area contributed by atoms with Gasteiger partial charge in [-0.15, -0.1) is 0 Å². The molecule has 1 unspecified atom stereocenters. The zero-order valence-electron chi connectivity index (χ0n) is 21.8. The van der Waals surface area contributed by atoms with E-state index in [9.17, 15) is 9.59 Å². The van der Waals surface area contributed by atoms with Gasteiger partial charge < -0.3 is 23.7 Å². The van der Waals surface area contributed by atoms with Gasteiger partial charge in [0.2, 0.25) is 5.75 Å². The van der Waals surface area contributed by atoms with E-state index in [1.165, 1.54) is 0 Å². The number of carbonyl (C=O) groups excluding carboxylic acids is 2. The predicted molar refractivity (Wildman–Crippen MR) is 139 cm³/mol. The summed E-state index contributed by atoms with van der Waals surface area (Å²) in [5.74, 6) is 1.12. The van der Waals surface area contributed by atoms with Crippen LogP contribution in [0, 0.1) is 0 Å². The van der Waals surface area contributed by atoms with E-state index in [0.717, 1.165) is 17.5 Å². The Bertz CT molecular complexity index is 1070. The minimum absolute atomic E-state index is 0.0879. The molecule has 0 aromatic heterocycles. The molecule has 7 nitrogen and oxygen atoms in total. The second-order valence-corrected chi connectivity index (χ2v) is 8.36. The molecule has 0 radical (unpaired) electrons. The maximum atomic E-state index is 12.1. The Balaban J connectivity index is 2.14. The number of rotatable bonds is 14. The Hall–Kier alpha value is -3.74. The van der Waals surface area contributed by atoms with Gasteiger partial charge in [0.05, 0.1) is 13.2 Å². The molecule has 0 bridgehead atoms. The number of ether oxygens (including phenoxy) is 5. The van der Waals surface area contributed by atoms with Crippen LogP contribution in [0.25, 0.3) is 0 Å². The maximum Gasteiger partial charge on any atom is 0.338 e. The SMILES string of the molecule is C=C(C)C(=O)OCCOc1ccc(CC(C)c2ccc(OC(=O)C(=C)C)c(OCC)c2OCC)cc1. The molecule has 7 heteroatoms. The Labute approximate surface area is 213 Å². The standard InChI is InChI=1S/C29H36O7/c1-8-32-26-24(14-15-25(27(26)33-9-2)36-29(31)20(5)6)21(7)18-22-10-12-23(13-11-22)34-16-17-35-28(30)19(3)4/h10-15,21H,3,5,8-9,16-18H2,1-2,4,6-7H3. The van der Waals surface area contributed by atoms with Gasteiger partial charge in [0, 0.05) is 16.7 Å². The van der Waals surface area contributed by atoms with Crippen LogP contribution in [-0.2, 0) is 20.7 Å². The first-order valence-electron chi connectivity index (χ1n) is 12.0. The first kappa shape index (κ1) is 28.5. The molecule has 36 heavy (non-hydrogen) atoms. The molecule has 0 aliphatic heterocycles. The van der Waals surface area contributed by atoms with E-state index in [1.807, 2.05) is 44.2 Å². The van der Waals surface area contributed by atoms with E-state index < -0.39 is 11.9 Å². The molecule has 1 atom stereocenters. The third-order valence-electron chi connectivity index (χ3n) is 5.16. The quantitative estimate of drug-likeness (QED) is 0.141. The minimum atomic E-state index is -0.518. The van der Waals surface area contributed by atoms with Crippen molar-refractivity contribution in [2.75, 3.05) is 26.4 Å². The molecule has 0 saturated heterocycles. The highest BCUT2D eigenvalue weighted by atomic mass is 16.6. The lowest BCUT2D eigenvalue weighted by Crippen LogP contribution is -2.12. The lowest BCUT2D eigenvalue weighted by Gasteiger charge is -2.21. The van der Waals surface area contributed by atoms with Gasteiger partial charge >= 0.3 is 11.9 Å². The predicted octanol–water partition coefficient (Wildman–Crippen LogP) is 5.81. The van der Waals surface area contributed by atoms with Crippen LogP contribution in [0.4, 0.5) is 0 Å². The van der Waals surface area contributed by atoms with Crippen molar-refractivity contribution in [3.8, 4) is 23.0 Å². The van der Waals surface area contributed by atoms with Gasteiger partial charge in [-0.25, -0.2) is 9.59 Å². The molecule has 0 saturated carbocycles. The summed E-state index contributed by atoms with van der Waals surface area (Å²) in [7, 11) is 0. The van der Waals surface area contributed by atoms with Crippen LogP contribution in [0.2, 0.25) is 0 Å². The summed E-state index contributed by atoms with van der Waals surface area (Å²) in [6, 6.07) is 11.4. The normalized spacial score (nSPS) is 11.2. The zero-order valence-corrected chi connectivity index (χ0v) is 21.8.